The predicted molar refractivity (Wildman–Crippen MR) is 62.4 cm³/mol. The second kappa shape index (κ2) is 4.12. The summed E-state index contributed by atoms with van der Waals surface area (Å²) in [6.45, 7) is 9.00. The molecule has 0 aromatic heterocycles. The zero-order chi connectivity index (χ0) is 11.7. The third-order valence-electron chi connectivity index (χ3n) is 3.85. The first-order valence-corrected chi connectivity index (χ1v) is 5.91. The van der Waals surface area contributed by atoms with Gasteiger partial charge in [0.25, 0.3) is 0 Å². The Hall–Kier alpha value is -0.570. The SMILES string of the molecule is CCC(N)(CC)CNC(=O)C1CC1(C)C. The van der Waals surface area contributed by atoms with Gasteiger partial charge in [0.1, 0.15) is 0 Å². The van der Waals surface area contributed by atoms with Gasteiger partial charge in [-0.3, -0.25) is 4.79 Å². The van der Waals surface area contributed by atoms with E-state index in [1.807, 2.05) is 0 Å². The maximum Gasteiger partial charge on any atom is 0.223 e. The van der Waals surface area contributed by atoms with E-state index in [4.69, 9.17) is 5.73 Å². The molecule has 1 atom stereocenters. The third-order valence-corrected chi connectivity index (χ3v) is 3.85. The van der Waals surface area contributed by atoms with Crippen molar-refractivity contribution in [2.75, 3.05) is 6.54 Å². The molecule has 0 aromatic rings. The van der Waals surface area contributed by atoms with Gasteiger partial charge in [-0.1, -0.05) is 27.7 Å². The van der Waals surface area contributed by atoms with Crippen molar-refractivity contribution in [3.63, 3.8) is 0 Å². The number of nitrogens with two attached hydrogens (primary N) is 1. The molecule has 1 saturated carbocycles. The lowest BCUT2D eigenvalue weighted by Gasteiger charge is -2.26. The summed E-state index contributed by atoms with van der Waals surface area (Å²) in [5.41, 5.74) is 6.10. The zero-order valence-electron chi connectivity index (χ0n) is 10.4. The fourth-order valence-corrected chi connectivity index (χ4v) is 1.80. The van der Waals surface area contributed by atoms with Gasteiger partial charge in [-0.05, 0) is 24.7 Å². The number of rotatable bonds is 5. The van der Waals surface area contributed by atoms with Crippen LogP contribution in [0.25, 0.3) is 0 Å². The lowest BCUT2D eigenvalue weighted by molar-refractivity contribution is -0.123. The fourth-order valence-electron chi connectivity index (χ4n) is 1.80. The van der Waals surface area contributed by atoms with E-state index in [2.05, 4.69) is 33.0 Å². The molecule has 1 aliphatic carbocycles. The van der Waals surface area contributed by atoms with Crippen LogP contribution in [0, 0.1) is 11.3 Å². The molecule has 1 amide bonds. The summed E-state index contributed by atoms with van der Waals surface area (Å²) in [4.78, 5) is 11.7. The minimum atomic E-state index is -0.227. The molecule has 0 saturated heterocycles. The first-order chi connectivity index (χ1) is 6.84. The van der Waals surface area contributed by atoms with Crippen LogP contribution in [0.5, 0.6) is 0 Å². The van der Waals surface area contributed by atoms with Crippen LogP contribution in [0.1, 0.15) is 47.0 Å². The Labute approximate surface area is 92.8 Å². The van der Waals surface area contributed by atoms with Crippen LogP contribution in [0.4, 0.5) is 0 Å². The number of carbonyl (C=O) groups is 1. The molecule has 15 heavy (non-hydrogen) atoms. The summed E-state index contributed by atoms with van der Waals surface area (Å²) in [5, 5.41) is 2.98. The van der Waals surface area contributed by atoms with Crippen molar-refractivity contribution in [2.45, 2.75) is 52.5 Å². The molecule has 0 radical (unpaired) electrons. The van der Waals surface area contributed by atoms with Crippen LogP contribution >= 0.6 is 0 Å². The molecular formula is C12H24N2O. The largest absolute Gasteiger partial charge is 0.354 e. The summed E-state index contributed by atoms with van der Waals surface area (Å²) in [7, 11) is 0. The Morgan fingerprint density at radius 3 is 2.27 bits per heavy atom. The van der Waals surface area contributed by atoms with Crippen molar-refractivity contribution in [3.8, 4) is 0 Å². The highest BCUT2D eigenvalue weighted by atomic mass is 16.2. The van der Waals surface area contributed by atoms with Crippen molar-refractivity contribution >= 4 is 5.91 Å². The van der Waals surface area contributed by atoms with Crippen LogP contribution < -0.4 is 11.1 Å². The fraction of sp³-hybridized carbons (Fsp3) is 0.917. The lowest BCUT2D eigenvalue weighted by atomic mass is 9.94. The molecule has 1 rings (SSSR count). The third kappa shape index (κ3) is 2.94. The Kier molecular flexibility index (Phi) is 3.44. The van der Waals surface area contributed by atoms with Crippen LogP contribution in [0.2, 0.25) is 0 Å². The van der Waals surface area contributed by atoms with Crippen LogP contribution in [0.3, 0.4) is 0 Å². The van der Waals surface area contributed by atoms with Gasteiger partial charge >= 0.3 is 0 Å². The molecule has 0 spiro atoms. The van der Waals surface area contributed by atoms with E-state index in [1.54, 1.807) is 0 Å². The Morgan fingerprint density at radius 1 is 1.47 bits per heavy atom. The van der Waals surface area contributed by atoms with Crippen molar-refractivity contribution in [2.24, 2.45) is 17.1 Å². The summed E-state index contributed by atoms with van der Waals surface area (Å²) in [6.07, 6.45) is 2.81. The van der Waals surface area contributed by atoms with E-state index in [0.717, 1.165) is 19.3 Å². The second-order valence-electron chi connectivity index (χ2n) is 5.53. The molecule has 0 heterocycles. The maximum atomic E-state index is 11.7. The van der Waals surface area contributed by atoms with Crippen LogP contribution in [0.15, 0.2) is 0 Å². The average Bonchev–Trinajstić information content (AvgIpc) is 2.84. The summed E-state index contributed by atoms with van der Waals surface area (Å²) in [5.74, 6) is 0.382. The zero-order valence-corrected chi connectivity index (χ0v) is 10.4. The Morgan fingerprint density at radius 2 is 1.93 bits per heavy atom. The standard InChI is InChI=1S/C12H24N2O/c1-5-12(13,6-2)8-14-10(15)9-7-11(9,3)4/h9H,5-8,13H2,1-4H3,(H,14,15). The van der Waals surface area contributed by atoms with Gasteiger partial charge in [0.15, 0.2) is 0 Å². The molecule has 1 fully saturated rings. The number of nitrogens with one attached hydrogen (secondary N) is 1. The van der Waals surface area contributed by atoms with Crippen LogP contribution in [-0.2, 0) is 4.79 Å². The van der Waals surface area contributed by atoms with Crippen molar-refractivity contribution in [3.05, 3.63) is 0 Å². The monoisotopic (exact) mass is 212 g/mol. The van der Waals surface area contributed by atoms with E-state index < -0.39 is 0 Å². The maximum absolute atomic E-state index is 11.7. The van der Waals surface area contributed by atoms with Gasteiger partial charge in [-0.15, -0.1) is 0 Å². The van der Waals surface area contributed by atoms with Gasteiger partial charge in [0, 0.05) is 18.0 Å². The molecule has 88 valence electrons. The highest BCUT2D eigenvalue weighted by Gasteiger charge is 2.50. The molecule has 3 N–H and O–H groups in total. The molecular weight excluding hydrogens is 188 g/mol. The molecule has 0 aliphatic heterocycles. The molecule has 3 heteroatoms. The number of hydrogen-bond acceptors (Lipinski definition) is 2. The second-order valence-corrected chi connectivity index (χ2v) is 5.53. The van der Waals surface area contributed by atoms with E-state index in [1.165, 1.54) is 0 Å². The average molecular weight is 212 g/mol. The number of carbonyl (C=O) groups excluding carboxylic acids is 1. The molecule has 0 bridgehead atoms. The normalized spacial score (nSPS) is 23.7. The van der Waals surface area contributed by atoms with Gasteiger partial charge < -0.3 is 11.1 Å². The van der Waals surface area contributed by atoms with Crippen LogP contribution in [-0.4, -0.2) is 18.0 Å². The minimum absolute atomic E-state index is 0.178. The molecule has 0 aromatic carbocycles. The van der Waals surface area contributed by atoms with E-state index in [0.29, 0.717) is 6.54 Å². The van der Waals surface area contributed by atoms with Gasteiger partial charge in [-0.25, -0.2) is 0 Å². The quantitative estimate of drug-likeness (QED) is 0.728. The minimum Gasteiger partial charge on any atom is -0.354 e. The predicted octanol–water partition coefficient (Wildman–Crippen LogP) is 1.67. The first kappa shape index (κ1) is 12.5. The highest BCUT2D eigenvalue weighted by molar-refractivity contribution is 5.82. The summed E-state index contributed by atoms with van der Waals surface area (Å²) >= 11 is 0. The number of amides is 1. The van der Waals surface area contributed by atoms with Crippen molar-refractivity contribution in [1.82, 2.24) is 5.32 Å². The highest BCUT2D eigenvalue weighted by Crippen LogP contribution is 2.51. The van der Waals surface area contributed by atoms with Crippen molar-refractivity contribution < 1.29 is 4.79 Å². The number of hydrogen-bond donors (Lipinski definition) is 2. The Balaban J connectivity index is 2.35. The van der Waals surface area contributed by atoms with E-state index in [-0.39, 0.29) is 22.8 Å². The molecule has 3 nitrogen and oxygen atoms in total. The van der Waals surface area contributed by atoms with Gasteiger partial charge in [0.2, 0.25) is 5.91 Å². The molecule has 1 unspecified atom stereocenters. The summed E-state index contributed by atoms with van der Waals surface area (Å²) < 4.78 is 0. The first-order valence-electron chi connectivity index (χ1n) is 5.91. The lowest BCUT2D eigenvalue weighted by Crippen LogP contribution is -2.49. The Bertz CT molecular complexity index is 244. The van der Waals surface area contributed by atoms with E-state index >= 15 is 0 Å². The summed E-state index contributed by atoms with van der Waals surface area (Å²) in [6, 6.07) is 0. The van der Waals surface area contributed by atoms with Gasteiger partial charge in [0.05, 0.1) is 0 Å². The van der Waals surface area contributed by atoms with E-state index in [9.17, 15) is 4.79 Å². The van der Waals surface area contributed by atoms with Gasteiger partial charge in [-0.2, -0.15) is 0 Å². The molecule has 1 aliphatic rings. The van der Waals surface area contributed by atoms with Crippen molar-refractivity contribution in [1.29, 1.82) is 0 Å². The smallest absolute Gasteiger partial charge is 0.223 e. The topological polar surface area (TPSA) is 55.1 Å².